The van der Waals surface area contributed by atoms with Crippen molar-refractivity contribution in [3.63, 3.8) is 0 Å². The van der Waals surface area contributed by atoms with Crippen LogP contribution in [0, 0.1) is 0 Å². The fraction of sp³-hybridized carbons (Fsp3) is 0.458. The Morgan fingerprint density at radius 2 is 1.73 bits per heavy atom. The lowest BCUT2D eigenvalue weighted by atomic mass is 10.1. The van der Waals surface area contributed by atoms with E-state index in [1.807, 2.05) is 12.1 Å². The third kappa shape index (κ3) is 6.39. The number of nitrogens with one attached hydrogen (secondary N) is 1. The minimum absolute atomic E-state index is 0.320. The third-order valence-electron chi connectivity index (χ3n) is 5.77. The van der Waals surface area contributed by atoms with Gasteiger partial charge in [-0.25, -0.2) is 8.42 Å². The van der Waals surface area contributed by atoms with Crippen molar-refractivity contribution in [3.05, 3.63) is 53.6 Å². The third-order valence-corrected chi connectivity index (χ3v) is 7.01. The van der Waals surface area contributed by atoms with E-state index in [9.17, 15) is 13.2 Å². The average Bonchev–Trinajstić information content (AvgIpc) is 3.29. The molecule has 0 spiro atoms. The Morgan fingerprint density at radius 3 is 2.36 bits per heavy atom. The number of ether oxygens (including phenoxy) is 2. The van der Waals surface area contributed by atoms with Gasteiger partial charge in [0.1, 0.15) is 6.04 Å². The molecule has 1 heterocycles. The summed E-state index contributed by atoms with van der Waals surface area (Å²) in [7, 11) is -0.765. The average molecular weight is 476 g/mol. The summed E-state index contributed by atoms with van der Waals surface area (Å²) in [6.07, 6.45) is 3.56. The summed E-state index contributed by atoms with van der Waals surface area (Å²) in [5.41, 5.74) is 2.51. The molecule has 0 radical (unpaired) electrons. The van der Waals surface area contributed by atoms with Crippen LogP contribution < -0.4 is 19.1 Å². The van der Waals surface area contributed by atoms with Crippen molar-refractivity contribution < 1.29 is 22.7 Å². The van der Waals surface area contributed by atoms with Gasteiger partial charge in [0.05, 0.1) is 26.2 Å². The highest BCUT2D eigenvalue weighted by Gasteiger charge is 2.29. The van der Waals surface area contributed by atoms with Crippen LogP contribution in [0.4, 0.5) is 5.69 Å². The smallest absolute Gasteiger partial charge is 0.243 e. The van der Waals surface area contributed by atoms with Gasteiger partial charge in [0.2, 0.25) is 15.9 Å². The molecule has 2 aromatic carbocycles. The molecular formula is C24H33N3O5S. The number of hydrogen-bond acceptors (Lipinski definition) is 6. The largest absolute Gasteiger partial charge is 0.493 e. The van der Waals surface area contributed by atoms with E-state index in [0.717, 1.165) is 35.8 Å². The van der Waals surface area contributed by atoms with Gasteiger partial charge in [0.25, 0.3) is 0 Å². The Bertz CT molecular complexity index is 1070. The molecule has 180 valence electrons. The van der Waals surface area contributed by atoms with E-state index in [1.165, 1.54) is 32.6 Å². The number of benzene rings is 2. The zero-order valence-electron chi connectivity index (χ0n) is 19.7. The van der Waals surface area contributed by atoms with Crippen LogP contribution >= 0.6 is 0 Å². The van der Waals surface area contributed by atoms with E-state index in [1.54, 1.807) is 25.1 Å². The fourth-order valence-corrected chi connectivity index (χ4v) is 5.31. The van der Waals surface area contributed by atoms with Gasteiger partial charge >= 0.3 is 0 Å². The number of nitrogens with zero attached hydrogens (tertiary/aromatic N) is 2. The Labute approximate surface area is 196 Å². The highest BCUT2D eigenvalue weighted by atomic mass is 32.2. The Kier molecular flexibility index (Phi) is 8.20. The number of carbonyl (C=O) groups excluding carboxylic acids is 1. The number of sulfonamides is 1. The number of rotatable bonds is 10. The van der Waals surface area contributed by atoms with Crippen LogP contribution in [-0.2, 0) is 27.9 Å². The molecule has 9 heteroatoms. The Balaban J connectivity index is 1.71. The molecular weight excluding hydrogens is 442 g/mol. The molecule has 1 aliphatic heterocycles. The van der Waals surface area contributed by atoms with E-state index in [4.69, 9.17) is 9.47 Å². The van der Waals surface area contributed by atoms with E-state index in [0.29, 0.717) is 23.7 Å². The maximum atomic E-state index is 12.9. The van der Waals surface area contributed by atoms with E-state index in [2.05, 4.69) is 22.3 Å². The van der Waals surface area contributed by atoms with Crippen molar-refractivity contribution in [2.24, 2.45) is 0 Å². The lowest BCUT2D eigenvalue weighted by Crippen LogP contribution is -2.47. The van der Waals surface area contributed by atoms with Crippen molar-refractivity contribution in [2.45, 2.75) is 38.9 Å². The topological polar surface area (TPSA) is 88.2 Å². The summed E-state index contributed by atoms with van der Waals surface area (Å²) in [5, 5.41) is 2.88. The summed E-state index contributed by atoms with van der Waals surface area (Å²) in [6, 6.07) is 11.9. The highest BCUT2D eigenvalue weighted by molar-refractivity contribution is 7.92. The Hall–Kier alpha value is -2.78. The molecule has 1 atom stereocenters. The lowest BCUT2D eigenvalue weighted by Gasteiger charge is -2.28. The number of likely N-dealkylation sites (tertiary alicyclic amines) is 1. The zero-order valence-corrected chi connectivity index (χ0v) is 20.5. The molecule has 1 saturated heterocycles. The van der Waals surface area contributed by atoms with Gasteiger partial charge in [-0.3, -0.25) is 14.0 Å². The van der Waals surface area contributed by atoms with Crippen LogP contribution in [-0.4, -0.2) is 58.8 Å². The van der Waals surface area contributed by atoms with Gasteiger partial charge in [-0.1, -0.05) is 24.3 Å². The first-order valence-corrected chi connectivity index (χ1v) is 12.9. The van der Waals surface area contributed by atoms with Crippen molar-refractivity contribution in [2.75, 3.05) is 37.9 Å². The van der Waals surface area contributed by atoms with Crippen molar-refractivity contribution in [1.82, 2.24) is 10.2 Å². The van der Waals surface area contributed by atoms with Crippen molar-refractivity contribution in [3.8, 4) is 11.5 Å². The maximum Gasteiger partial charge on any atom is 0.243 e. The summed E-state index contributed by atoms with van der Waals surface area (Å²) >= 11 is 0. The molecule has 0 aromatic heterocycles. The van der Waals surface area contributed by atoms with Crippen LogP contribution in [0.15, 0.2) is 42.5 Å². The monoisotopic (exact) mass is 475 g/mol. The molecule has 8 nitrogen and oxygen atoms in total. The van der Waals surface area contributed by atoms with Gasteiger partial charge in [0, 0.05) is 19.2 Å². The summed E-state index contributed by atoms with van der Waals surface area (Å²) < 4.78 is 36.8. The minimum atomic E-state index is -3.74. The highest BCUT2D eigenvalue weighted by Crippen LogP contribution is 2.33. The molecule has 3 rings (SSSR count). The molecule has 1 N–H and O–H groups in total. The molecule has 2 aromatic rings. The fourth-order valence-electron chi connectivity index (χ4n) is 4.14. The van der Waals surface area contributed by atoms with Crippen LogP contribution in [0.2, 0.25) is 0 Å². The number of amides is 1. The minimum Gasteiger partial charge on any atom is -0.493 e. The first-order chi connectivity index (χ1) is 15.7. The normalized spacial score (nSPS) is 15.2. The second-order valence-electron chi connectivity index (χ2n) is 8.30. The zero-order chi connectivity index (χ0) is 24.0. The summed E-state index contributed by atoms with van der Waals surface area (Å²) in [4.78, 5) is 15.4. The second kappa shape index (κ2) is 10.9. The van der Waals surface area contributed by atoms with Crippen LogP contribution in [0.1, 0.15) is 30.9 Å². The van der Waals surface area contributed by atoms with Crippen LogP contribution in [0.25, 0.3) is 0 Å². The number of anilines is 1. The van der Waals surface area contributed by atoms with E-state index >= 15 is 0 Å². The van der Waals surface area contributed by atoms with E-state index < -0.39 is 16.1 Å². The van der Waals surface area contributed by atoms with Gasteiger partial charge < -0.3 is 14.8 Å². The maximum absolute atomic E-state index is 12.9. The predicted octanol–water partition coefficient (Wildman–Crippen LogP) is 2.77. The molecule has 0 unspecified atom stereocenters. The number of carbonyl (C=O) groups is 1. The Morgan fingerprint density at radius 1 is 1.06 bits per heavy atom. The molecule has 1 aliphatic rings. The second-order valence-corrected chi connectivity index (χ2v) is 10.2. The van der Waals surface area contributed by atoms with Gasteiger partial charge in [-0.2, -0.15) is 0 Å². The molecule has 1 amide bonds. The summed E-state index contributed by atoms with van der Waals surface area (Å²) in [6.45, 7) is 5.03. The quantitative estimate of drug-likeness (QED) is 0.569. The SMILES string of the molecule is COc1ccc(N([C@H](C)C(=O)NCc2cccc(CN3CCCC3)c2)S(C)(=O)=O)cc1OC. The molecule has 1 fully saturated rings. The van der Waals surface area contributed by atoms with Crippen LogP contribution in [0.5, 0.6) is 11.5 Å². The lowest BCUT2D eigenvalue weighted by molar-refractivity contribution is -0.122. The summed E-state index contributed by atoms with van der Waals surface area (Å²) in [5.74, 6) is 0.465. The molecule has 0 saturated carbocycles. The molecule has 0 bridgehead atoms. The van der Waals surface area contributed by atoms with Gasteiger partial charge in [0.15, 0.2) is 11.5 Å². The number of hydrogen-bond donors (Lipinski definition) is 1. The predicted molar refractivity (Wildman–Crippen MR) is 129 cm³/mol. The number of methoxy groups -OCH3 is 2. The standard InChI is InChI=1S/C24H33N3O5S/c1-18(27(33(4,29)30)21-10-11-22(31-2)23(15-21)32-3)24(28)25-16-19-8-7-9-20(14-19)17-26-12-5-6-13-26/h7-11,14-15,18H,5-6,12-13,16-17H2,1-4H3,(H,25,28)/t18-/m1/s1. The molecule has 33 heavy (non-hydrogen) atoms. The van der Waals surface area contributed by atoms with Crippen molar-refractivity contribution in [1.29, 1.82) is 0 Å². The van der Waals surface area contributed by atoms with Gasteiger partial charge in [-0.15, -0.1) is 0 Å². The first kappa shape index (κ1) is 24.9. The first-order valence-electron chi connectivity index (χ1n) is 11.0. The molecule has 0 aliphatic carbocycles. The van der Waals surface area contributed by atoms with Crippen LogP contribution in [0.3, 0.4) is 0 Å². The van der Waals surface area contributed by atoms with Crippen molar-refractivity contribution >= 4 is 21.6 Å². The van der Waals surface area contributed by atoms with E-state index in [-0.39, 0.29) is 5.91 Å². The van der Waals surface area contributed by atoms with Gasteiger partial charge in [-0.05, 0) is 56.1 Å².